The number of rotatable bonds is 5. The van der Waals surface area contributed by atoms with Crippen LogP contribution in [0.15, 0.2) is 36.4 Å². The van der Waals surface area contributed by atoms with Gasteiger partial charge in [0.25, 0.3) is 5.91 Å². The molecule has 3 N–H and O–H groups in total. The van der Waals surface area contributed by atoms with Gasteiger partial charge in [0.1, 0.15) is 23.7 Å². The third-order valence-electron chi connectivity index (χ3n) is 3.49. The third-order valence-corrected chi connectivity index (χ3v) is 3.72. The molecule has 0 saturated carbocycles. The van der Waals surface area contributed by atoms with Crippen LogP contribution in [0.5, 0.6) is 0 Å². The number of quaternary nitrogens is 1. The van der Waals surface area contributed by atoms with Crippen molar-refractivity contribution in [3.05, 3.63) is 64.2 Å². The summed E-state index contributed by atoms with van der Waals surface area (Å²) in [7, 11) is 0. The molecule has 0 aromatic heterocycles. The van der Waals surface area contributed by atoms with Crippen LogP contribution < -0.4 is 10.6 Å². The maximum atomic E-state index is 13.7. The average molecular weight is 351 g/mol. The summed E-state index contributed by atoms with van der Waals surface area (Å²) in [5, 5.41) is 13.6. The fraction of sp³-hybridized carbons (Fsp3) is 0.176. The highest BCUT2D eigenvalue weighted by atomic mass is 35.5. The number of amides is 1. The molecule has 24 heavy (non-hydrogen) atoms. The molecule has 1 atom stereocenters. The van der Waals surface area contributed by atoms with E-state index in [-0.39, 0.29) is 18.5 Å². The van der Waals surface area contributed by atoms with Gasteiger partial charge in [-0.3, -0.25) is 4.79 Å². The van der Waals surface area contributed by atoms with Gasteiger partial charge in [-0.05, 0) is 37.3 Å². The lowest BCUT2D eigenvalue weighted by Gasteiger charge is -2.12. The van der Waals surface area contributed by atoms with E-state index in [0.717, 1.165) is 6.07 Å². The fourth-order valence-electron chi connectivity index (χ4n) is 2.20. The van der Waals surface area contributed by atoms with E-state index in [0.29, 0.717) is 21.8 Å². The van der Waals surface area contributed by atoms with Crippen LogP contribution in [0.3, 0.4) is 0 Å². The number of hydrogen-bond acceptors (Lipinski definition) is 2. The predicted molar refractivity (Wildman–Crippen MR) is 86.4 cm³/mol. The molecule has 2 rings (SSSR count). The van der Waals surface area contributed by atoms with Crippen LogP contribution in [0.25, 0.3) is 0 Å². The lowest BCUT2D eigenvalue weighted by atomic mass is 10.1. The number of nitrogens with zero attached hydrogens (tertiary/aromatic N) is 1. The van der Waals surface area contributed by atoms with E-state index in [1.54, 1.807) is 18.3 Å². The van der Waals surface area contributed by atoms with Crippen molar-refractivity contribution in [3.8, 4) is 6.07 Å². The Balaban J connectivity index is 1.98. The van der Waals surface area contributed by atoms with E-state index in [4.69, 9.17) is 16.9 Å². The second kappa shape index (κ2) is 7.86. The molecule has 2 aromatic rings. The summed E-state index contributed by atoms with van der Waals surface area (Å²) >= 11 is 5.85. The van der Waals surface area contributed by atoms with Crippen molar-refractivity contribution in [3.63, 3.8) is 0 Å². The number of hydrogen-bond donors (Lipinski definition) is 2. The Hall–Kier alpha value is -2.49. The molecule has 0 fully saturated rings. The summed E-state index contributed by atoms with van der Waals surface area (Å²) in [6, 6.07) is 9.49. The highest BCUT2D eigenvalue weighted by Crippen LogP contribution is 2.20. The van der Waals surface area contributed by atoms with Gasteiger partial charge in [-0.15, -0.1) is 0 Å². The van der Waals surface area contributed by atoms with Gasteiger partial charge in [0.05, 0.1) is 11.3 Å². The Bertz CT molecular complexity index is 805. The van der Waals surface area contributed by atoms with E-state index < -0.39 is 11.6 Å². The first-order valence-electron chi connectivity index (χ1n) is 7.18. The number of anilines is 1. The predicted octanol–water partition coefficient (Wildman–Crippen LogP) is 2.75. The van der Waals surface area contributed by atoms with Crippen LogP contribution in [0, 0.1) is 23.0 Å². The molecule has 124 valence electrons. The summed E-state index contributed by atoms with van der Waals surface area (Å²) < 4.78 is 26.6. The van der Waals surface area contributed by atoms with E-state index in [1.165, 1.54) is 24.3 Å². The summed E-state index contributed by atoms with van der Waals surface area (Å²) in [4.78, 5) is 12.0. The fourth-order valence-corrected chi connectivity index (χ4v) is 2.37. The van der Waals surface area contributed by atoms with E-state index in [2.05, 4.69) is 5.32 Å². The van der Waals surface area contributed by atoms with Gasteiger partial charge < -0.3 is 10.6 Å². The molecule has 0 saturated heterocycles. The van der Waals surface area contributed by atoms with Crippen LogP contribution in [0.4, 0.5) is 14.5 Å². The van der Waals surface area contributed by atoms with Crippen molar-refractivity contribution < 1.29 is 18.9 Å². The molecule has 0 aliphatic rings. The Morgan fingerprint density at radius 1 is 1.33 bits per heavy atom. The Labute approximate surface area is 143 Å². The summed E-state index contributed by atoms with van der Waals surface area (Å²) in [6.45, 7) is 1.72. The first-order valence-corrected chi connectivity index (χ1v) is 7.56. The lowest BCUT2D eigenvalue weighted by molar-refractivity contribution is -0.682. The van der Waals surface area contributed by atoms with Crippen molar-refractivity contribution >= 4 is 23.2 Å². The van der Waals surface area contributed by atoms with Crippen LogP contribution in [-0.2, 0) is 4.79 Å². The molecule has 0 radical (unpaired) electrons. The summed E-state index contributed by atoms with van der Waals surface area (Å²) in [5.41, 5.74) is 0.930. The maximum Gasteiger partial charge on any atom is 0.279 e. The Morgan fingerprint density at radius 2 is 2.08 bits per heavy atom. The van der Waals surface area contributed by atoms with Crippen LogP contribution in [0.2, 0.25) is 5.02 Å². The minimum absolute atomic E-state index is 0.00929. The van der Waals surface area contributed by atoms with E-state index in [9.17, 15) is 13.6 Å². The van der Waals surface area contributed by atoms with Crippen LogP contribution >= 0.6 is 11.6 Å². The Kier molecular flexibility index (Phi) is 5.85. The third kappa shape index (κ3) is 4.51. The van der Waals surface area contributed by atoms with Crippen LogP contribution in [0.1, 0.15) is 24.1 Å². The minimum Gasteiger partial charge on any atom is -0.332 e. The number of nitrogens with one attached hydrogen (secondary N) is 1. The first-order chi connectivity index (χ1) is 11.4. The highest BCUT2D eigenvalue weighted by Gasteiger charge is 2.16. The number of nitrogens with two attached hydrogens (primary N) is 1. The van der Waals surface area contributed by atoms with Crippen molar-refractivity contribution in [2.75, 3.05) is 11.9 Å². The number of halogens is 3. The molecule has 7 heteroatoms. The first kappa shape index (κ1) is 17.9. The molecular formula is C17H15ClF2N3O+. The zero-order chi connectivity index (χ0) is 17.7. The topological polar surface area (TPSA) is 69.5 Å². The van der Waals surface area contributed by atoms with Crippen molar-refractivity contribution in [2.45, 2.75) is 13.0 Å². The molecule has 0 spiro atoms. The standard InChI is InChI=1S/C17H14ClF2N3O/c1-10(14-5-4-13(19)7-15(14)20)22-9-17(24)23-16-6-12(18)3-2-11(16)8-21/h2-7,10,22H,9H2,1H3,(H,23,24)/p+1/t10-/m0/s1. The minimum atomic E-state index is -0.652. The SMILES string of the molecule is C[C@H]([NH2+]CC(=O)Nc1cc(Cl)ccc1C#N)c1ccc(F)cc1F. The number of nitriles is 1. The molecule has 2 aromatic carbocycles. The monoisotopic (exact) mass is 350 g/mol. The lowest BCUT2D eigenvalue weighted by Crippen LogP contribution is -2.86. The molecule has 0 aliphatic heterocycles. The molecule has 0 heterocycles. The zero-order valence-electron chi connectivity index (χ0n) is 12.8. The molecule has 0 unspecified atom stereocenters. The van der Waals surface area contributed by atoms with Gasteiger partial charge in [-0.2, -0.15) is 5.26 Å². The van der Waals surface area contributed by atoms with E-state index in [1.807, 2.05) is 6.07 Å². The quantitative estimate of drug-likeness (QED) is 0.870. The van der Waals surface area contributed by atoms with Gasteiger partial charge in [0, 0.05) is 16.7 Å². The average Bonchev–Trinajstić information content (AvgIpc) is 2.53. The second-order valence-corrected chi connectivity index (χ2v) is 5.68. The highest BCUT2D eigenvalue weighted by molar-refractivity contribution is 6.31. The largest absolute Gasteiger partial charge is 0.332 e. The van der Waals surface area contributed by atoms with Gasteiger partial charge >= 0.3 is 0 Å². The summed E-state index contributed by atoms with van der Waals surface area (Å²) in [5.74, 6) is -1.66. The van der Waals surface area contributed by atoms with Crippen molar-refractivity contribution in [1.82, 2.24) is 0 Å². The molecule has 4 nitrogen and oxygen atoms in total. The normalized spacial score (nSPS) is 11.6. The van der Waals surface area contributed by atoms with Gasteiger partial charge in [0.15, 0.2) is 6.54 Å². The van der Waals surface area contributed by atoms with Gasteiger partial charge in [-0.25, -0.2) is 8.78 Å². The number of carbonyl (C=O) groups excluding carboxylic acids is 1. The smallest absolute Gasteiger partial charge is 0.279 e. The second-order valence-electron chi connectivity index (χ2n) is 5.24. The van der Waals surface area contributed by atoms with E-state index >= 15 is 0 Å². The molecule has 0 aliphatic carbocycles. The van der Waals surface area contributed by atoms with Gasteiger partial charge in [0.2, 0.25) is 0 Å². The Morgan fingerprint density at radius 3 is 2.75 bits per heavy atom. The van der Waals surface area contributed by atoms with Crippen LogP contribution in [-0.4, -0.2) is 12.5 Å². The molecule has 0 bridgehead atoms. The number of carbonyl (C=O) groups is 1. The molecular weight excluding hydrogens is 336 g/mol. The molecule has 1 amide bonds. The van der Waals surface area contributed by atoms with Crippen molar-refractivity contribution in [2.24, 2.45) is 0 Å². The van der Waals surface area contributed by atoms with Crippen molar-refractivity contribution in [1.29, 1.82) is 5.26 Å². The van der Waals surface area contributed by atoms with Gasteiger partial charge in [-0.1, -0.05) is 11.6 Å². The zero-order valence-corrected chi connectivity index (χ0v) is 13.6. The maximum absolute atomic E-state index is 13.7. The number of benzene rings is 2. The summed E-state index contributed by atoms with van der Waals surface area (Å²) in [6.07, 6.45) is 0.